The third-order valence-electron chi connectivity index (χ3n) is 4.48. The van der Waals surface area contributed by atoms with Crippen LogP contribution in [0.5, 0.6) is 5.75 Å². The number of benzene rings is 2. The maximum Gasteiger partial charge on any atom is 0.318 e. The second-order valence-electron chi connectivity index (χ2n) is 6.31. The zero-order valence-electron chi connectivity index (χ0n) is 14.7. The number of para-hydroxylation sites is 2. The molecule has 1 aromatic heterocycles. The first-order valence-electron chi connectivity index (χ1n) is 8.48. The van der Waals surface area contributed by atoms with Crippen molar-refractivity contribution in [3.63, 3.8) is 0 Å². The van der Waals surface area contributed by atoms with Crippen molar-refractivity contribution in [1.29, 1.82) is 0 Å². The predicted octanol–water partition coefficient (Wildman–Crippen LogP) is 3.70. The van der Waals surface area contributed by atoms with Crippen LogP contribution in [0.4, 0.5) is 0 Å². The fourth-order valence-corrected chi connectivity index (χ4v) is 3.06. The average molecular weight is 365 g/mol. The van der Waals surface area contributed by atoms with Crippen LogP contribution < -0.4 is 4.74 Å². The Balaban J connectivity index is 1.83. The molecule has 0 spiro atoms. The molecule has 0 aliphatic heterocycles. The lowest BCUT2D eigenvalue weighted by molar-refractivity contribution is -0.155. The molecule has 6 heteroatoms. The summed E-state index contributed by atoms with van der Waals surface area (Å²) in [6.07, 6.45) is 1.73. The Hall–Kier alpha value is -3.41. The van der Waals surface area contributed by atoms with E-state index in [-0.39, 0.29) is 6.61 Å². The number of ether oxygens (including phenoxy) is 1. The molecule has 3 rings (SSSR count). The molecule has 27 heavy (non-hydrogen) atoms. The van der Waals surface area contributed by atoms with Crippen molar-refractivity contribution >= 4 is 22.8 Å². The van der Waals surface area contributed by atoms with Crippen molar-refractivity contribution in [2.45, 2.75) is 19.4 Å². The molecule has 2 N–H and O–H groups in total. The third-order valence-corrected chi connectivity index (χ3v) is 4.48. The Labute approximate surface area is 156 Å². The van der Waals surface area contributed by atoms with E-state index >= 15 is 0 Å². The zero-order chi connectivity index (χ0) is 19.4. The molecule has 0 bridgehead atoms. The maximum absolute atomic E-state index is 11.3. The van der Waals surface area contributed by atoms with Crippen molar-refractivity contribution in [3.05, 3.63) is 71.9 Å². The Kier molecular flexibility index (Phi) is 5.35. The molecule has 1 heterocycles. The van der Waals surface area contributed by atoms with E-state index in [0.717, 1.165) is 16.5 Å². The van der Waals surface area contributed by atoms with Crippen molar-refractivity contribution in [2.75, 3.05) is 0 Å². The summed E-state index contributed by atoms with van der Waals surface area (Å²) < 4.78 is 5.88. The quantitative estimate of drug-likeness (QED) is 0.620. The zero-order valence-corrected chi connectivity index (χ0v) is 14.7. The van der Waals surface area contributed by atoms with Gasteiger partial charge in [-0.25, -0.2) is 0 Å². The number of nitrogens with zero attached hydrogens (tertiary/aromatic N) is 1. The first kappa shape index (κ1) is 18.4. The van der Waals surface area contributed by atoms with Crippen LogP contribution in [0, 0.1) is 5.92 Å². The third kappa shape index (κ3) is 4.06. The smallest absolute Gasteiger partial charge is 0.318 e. The van der Waals surface area contributed by atoms with Crippen LogP contribution in [-0.2, 0) is 16.2 Å². The van der Waals surface area contributed by atoms with E-state index < -0.39 is 23.8 Å². The summed E-state index contributed by atoms with van der Waals surface area (Å²) in [4.78, 5) is 27.1. The first-order valence-corrected chi connectivity index (χ1v) is 8.48. The average Bonchev–Trinajstić information content (AvgIpc) is 2.65. The minimum absolute atomic E-state index is 0.242. The van der Waals surface area contributed by atoms with Crippen LogP contribution in [-0.4, -0.2) is 27.1 Å². The van der Waals surface area contributed by atoms with Crippen molar-refractivity contribution in [2.24, 2.45) is 5.92 Å². The van der Waals surface area contributed by atoms with E-state index in [9.17, 15) is 19.8 Å². The number of hydrogen-bond donors (Lipinski definition) is 2. The van der Waals surface area contributed by atoms with Gasteiger partial charge < -0.3 is 14.9 Å². The molecular formula is C21H19NO5. The molecule has 0 amide bonds. The van der Waals surface area contributed by atoms with Gasteiger partial charge in [0.05, 0.1) is 5.52 Å². The van der Waals surface area contributed by atoms with Crippen LogP contribution in [0.2, 0.25) is 0 Å². The van der Waals surface area contributed by atoms with Gasteiger partial charge in [-0.05, 0) is 23.8 Å². The van der Waals surface area contributed by atoms with Crippen LogP contribution in [0.1, 0.15) is 24.0 Å². The fourth-order valence-electron chi connectivity index (χ4n) is 3.06. The van der Waals surface area contributed by atoms with Gasteiger partial charge in [0.1, 0.15) is 12.4 Å². The lowest BCUT2D eigenvalue weighted by Gasteiger charge is -2.20. The van der Waals surface area contributed by atoms with Gasteiger partial charge in [-0.15, -0.1) is 0 Å². The van der Waals surface area contributed by atoms with Crippen LogP contribution in [0.25, 0.3) is 10.9 Å². The van der Waals surface area contributed by atoms with E-state index in [4.69, 9.17) is 4.74 Å². The molecule has 1 atom stereocenters. The highest BCUT2D eigenvalue weighted by Gasteiger charge is 2.34. The first-order chi connectivity index (χ1) is 13.0. The maximum atomic E-state index is 11.3. The van der Waals surface area contributed by atoms with Gasteiger partial charge in [0.15, 0.2) is 5.92 Å². The van der Waals surface area contributed by atoms with Gasteiger partial charge in [-0.1, -0.05) is 43.3 Å². The highest BCUT2D eigenvalue weighted by Crippen LogP contribution is 2.32. The summed E-state index contributed by atoms with van der Waals surface area (Å²) in [6, 6.07) is 16.6. The minimum atomic E-state index is -1.54. The second-order valence-corrected chi connectivity index (χ2v) is 6.31. The summed E-state index contributed by atoms with van der Waals surface area (Å²) in [5.41, 5.74) is 2.30. The SMILES string of the molecule is CC(c1ccccc1OCc1cnc2ccccc2c1)C(C(=O)O)C(=O)O. The Morgan fingerprint density at radius 1 is 1.04 bits per heavy atom. The lowest BCUT2D eigenvalue weighted by atomic mass is 9.87. The van der Waals surface area contributed by atoms with Gasteiger partial charge in [-0.2, -0.15) is 0 Å². The largest absolute Gasteiger partial charge is 0.489 e. The molecule has 0 aliphatic carbocycles. The molecule has 0 radical (unpaired) electrons. The number of carboxylic acids is 2. The Morgan fingerprint density at radius 3 is 2.44 bits per heavy atom. The van der Waals surface area contributed by atoms with Crippen molar-refractivity contribution < 1.29 is 24.5 Å². The molecule has 6 nitrogen and oxygen atoms in total. The Morgan fingerprint density at radius 2 is 1.70 bits per heavy atom. The van der Waals surface area contributed by atoms with E-state index in [1.54, 1.807) is 37.4 Å². The summed E-state index contributed by atoms with van der Waals surface area (Å²) in [7, 11) is 0. The molecule has 2 aromatic carbocycles. The number of aromatic nitrogens is 1. The molecule has 0 saturated heterocycles. The van der Waals surface area contributed by atoms with E-state index in [0.29, 0.717) is 11.3 Å². The van der Waals surface area contributed by atoms with Crippen molar-refractivity contribution in [3.8, 4) is 5.75 Å². The summed E-state index contributed by atoms with van der Waals surface area (Å²) in [5.74, 6) is -4.57. The molecule has 0 saturated carbocycles. The highest BCUT2D eigenvalue weighted by atomic mass is 16.5. The number of hydrogen-bond acceptors (Lipinski definition) is 4. The van der Waals surface area contributed by atoms with Gasteiger partial charge in [0, 0.05) is 23.1 Å². The molecule has 0 fully saturated rings. The van der Waals surface area contributed by atoms with E-state index in [1.807, 2.05) is 30.3 Å². The fraction of sp³-hybridized carbons (Fsp3) is 0.190. The number of carboxylic acid groups (broad SMARTS) is 2. The molecule has 3 aromatic rings. The summed E-state index contributed by atoms with van der Waals surface area (Å²) in [5, 5.41) is 19.5. The standard InChI is InChI=1S/C21H19NO5/c1-13(19(20(23)24)21(25)26)16-7-3-5-9-18(16)27-12-14-10-15-6-2-4-8-17(15)22-11-14/h2-11,13,19H,12H2,1H3,(H,23,24)(H,25,26). The van der Waals surface area contributed by atoms with Gasteiger partial charge in [0.25, 0.3) is 0 Å². The molecule has 138 valence electrons. The molecular weight excluding hydrogens is 346 g/mol. The summed E-state index contributed by atoms with van der Waals surface area (Å²) in [6.45, 7) is 1.82. The monoisotopic (exact) mass is 365 g/mol. The Bertz CT molecular complexity index is 971. The number of rotatable bonds is 7. The summed E-state index contributed by atoms with van der Waals surface area (Å²) >= 11 is 0. The van der Waals surface area contributed by atoms with E-state index in [2.05, 4.69) is 4.98 Å². The normalized spacial score (nSPS) is 12.1. The van der Waals surface area contributed by atoms with Gasteiger partial charge in [0.2, 0.25) is 0 Å². The molecule has 0 aliphatic rings. The number of carbonyl (C=O) groups is 2. The highest BCUT2D eigenvalue weighted by molar-refractivity contribution is 5.94. The minimum Gasteiger partial charge on any atom is -0.489 e. The van der Waals surface area contributed by atoms with Gasteiger partial charge >= 0.3 is 11.9 Å². The van der Waals surface area contributed by atoms with Crippen LogP contribution >= 0.6 is 0 Å². The van der Waals surface area contributed by atoms with Crippen LogP contribution in [0.15, 0.2) is 60.8 Å². The predicted molar refractivity (Wildman–Crippen MR) is 99.7 cm³/mol. The number of fused-ring (bicyclic) bond motifs is 1. The van der Waals surface area contributed by atoms with Crippen molar-refractivity contribution in [1.82, 2.24) is 4.98 Å². The molecule has 1 unspecified atom stereocenters. The van der Waals surface area contributed by atoms with Gasteiger partial charge in [-0.3, -0.25) is 14.6 Å². The topological polar surface area (TPSA) is 96.7 Å². The van der Waals surface area contributed by atoms with Crippen LogP contribution in [0.3, 0.4) is 0 Å². The number of pyridine rings is 1. The number of aliphatic carboxylic acids is 2. The lowest BCUT2D eigenvalue weighted by Crippen LogP contribution is -2.28. The second kappa shape index (κ2) is 7.86. The van der Waals surface area contributed by atoms with E-state index in [1.165, 1.54) is 0 Å².